The molecule has 222 valence electrons. The number of rotatable bonds is 13. The normalized spacial score (nSPS) is 11.8. The first-order chi connectivity index (χ1) is 21.0. The third-order valence-electron chi connectivity index (χ3n) is 6.71. The lowest BCUT2D eigenvalue weighted by Crippen LogP contribution is -2.40. The molecule has 1 heterocycles. The van der Waals surface area contributed by atoms with Gasteiger partial charge in [0.25, 0.3) is 0 Å². The van der Waals surface area contributed by atoms with Gasteiger partial charge in [-0.15, -0.1) is 0 Å². The average Bonchev–Trinajstić information content (AvgIpc) is 3.51. The van der Waals surface area contributed by atoms with E-state index >= 15 is 0 Å². The fourth-order valence-corrected chi connectivity index (χ4v) is 5.33. The summed E-state index contributed by atoms with van der Waals surface area (Å²) in [4.78, 5) is 12.2. The number of aliphatic hydroxyl groups is 1. The van der Waals surface area contributed by atoms with E-state index in [1.807, 2.05) is 48.5 Å². The molecule has 2 N–H and O–H groups in total. The number of nitrogens with one attached hydrogen (secondary N) is 1. The molecule has 1 unspecified atom stereocenters. The number of hydrogen-bond acceptors (Lipinski definition) is 9. The molecule has 1 aromatic heterocycles. The van der Waals surface area contributed by atoms with Crippen molar-refractivity contribution >= 4 is 44.5 Å². The lowest BCUT2D eigenvalue weighted by atomic mass is 10.0. The Morgan fingerprint density at radius 1 is 0.953 bits per heavy atom. The molecular weight excluding hydrogens is 638 g/mol. The molecule has 0 bridgehead atoms. The first-order valence-electron chi connectivity index (χ1n) is 13.6. The molecule has 0 aliphatic heterocycles. The molecule has 9 nitrogen and oxygen atoms in total. The zero-order chi connectivity index (χ0) is 30.2. The number of aliphatic hydroxyl groups excluding tert-OH is 1. The Balaban J connectivity index is 1.39. The third kappa shape index (κ3) is 7.34. The van der Waals surface area contributed by atoms with Crippen LogP contribution in [-0.2, 0) is 29.3 Å². The second-order valence-electron chi connectivity index (χ2n) is 9.53. The Labute approximate surface area is 261 Å². The molecule has 1 atom stereocenters. The molecule has 0 saturated heterocycles. The van der Waals surface area contributed by atoms with Gasteiger partial charge in [-0.25, -0.2) is 4.63 Å². The van der Waals surface area contributed by atoms with Gasteiger partial charge in [0.1, 0.15) is 41.8 Å². The summed E-state index contributed by atoms with van der Waals surface area (Å²) in [6.07, 6.45) is 0. The van der Waals surface area contributed by atoms with Gasteiger partial charge in [-0.2, -0.15) is 0 Å². The Hall–Kier alpha value is -3.96. The number of benzene rings is 4. The molecule has 4 aromatic carbocycles. The van der Waals surface area contributed by atoms with Crippen LogP contribution >= 0.6 is 27.5 Å². The number of carbonyl (C=O) groups excluding carboxylic acids is 1. The van der Waals surface area contributed by atoms with E-state index in [1.165, 1.54) is 0 Å². The first kappa shape index (κ1) is 30.5. The van der Waals surface area contributed by atoms with Gasteiger partial charge in [-0.1, -0.05) is 72.3 Å². The lowest BCUT2D eigenvalue weighted by Gasteiger charge is -2.19. The van der Waals surface area contributed by atoms with E-state index in [1.54, 1.807) is 25.1 Å². The summed E-state index contributed by atoms with van der Waals surface area (Å²) < 4.78 is 23.3. The van der Waals surface area contributed by atoms with Gasteiger partial charge in [0.05, 0.1) is 18.2 Å². The zero-order valence-corrected chi connectivity index (χ0v) is 25.6. The largest absolute Gasteiger partial charge is 0.488 e. The van der Waals surface area contributed by atoms with Crippen LogP contribution in [0, 0.1) is 0 Å². The Morgan fingerprint density at radius 3 is 2.49 bits per heavy atom. The maximum atomic E-state index is 12.2. The van der Waals surface area contributed by atoms with Crippen LogP contribution in [0.25, 0.3) is 22.2 Å². The molecule has 5 rings (SSSR count). The Bertz CT molecular complexity index is 1700. The predicted octanol–water partition coefficient (Wildman–Crippen LogP) is 6.48. The van der Waals surface area contributed by atoms with Crippen LogP contribution in [0.3, 0.4) is 0 Å². The molecule has 43 heavy (non-hydrogen) atoms. The number of hydrogen-bond donors (Lipinski definition) is 2. The summed E-state index contributed by atoms with van der Waals surface area (Å²) >= 11 is 10.4. The monoisotopic (exact) mass is 665 g/mol. The maximum Gasteiger partial charge on any atom is 0.325 e. The van der Waals surface area contributed by atoms with Crippen molar-refractivity contribution in [3.05, 3.63) is 105 Å². The number of carbonyl (C=O) groups is 1. The van der Waals surface area contributed by atoms with Gasteiger partial charge in [0.2, 0.25) is 0 Å². The van der Waals surface area contributed by atoms with Crippen molar-refractivity contribution in [1.29, 1.82) is 0 Å². The van der Waals surface area contributed by atoms with Crippen LogP contribution in [0.5, 0.6) is 11.5 Å². The van der Waals surface area contributed by atoms with Crippen LogP contribution in [0.1, 0.15) is 23.6 Å². The number of nitrogens with zero attached hydrogens (tertiary/aromatic N) is 2. The quantitative estimate of drug-likeness (QED) is 0.136. The highest BCUT2D eigenvalue weighted by Gasteiger charge is 2.20. The summed E-state index contributed by atoms with van der Waals surface area (Å²) in [5, 5.41) is 21.0. The number of fused-ring (bicyclic) bond motifs is 1. The third-order valence-corrected chi connectivity index (χ3v) is 7.94. The van der Waals surface area contributed by atoms with Crippen molar-refractivity contribution in [2.45, 2.75) is 32.7 Å². The smallest absolute Gasteiger partial charge is 0.325 e. The number of halogens is 2. The first-order valence-corrected chi connectivity index (χ1v) is 14.8. The van der Waals surface area contributed by atoms with Crippen molar-refractivity contribution in [1.82, 2.24) is 15.6 Å². The Morgan fingerprint density at radius 2 is 1.70 bits per heavy atom. The van der Waals surface area contributed by atoms with E-state index in [0.29, 0.717) is 33.1 Å². The fraction of sp³-hybridized carbons (Fsp3) is 0.219. The van der Waals surface area contributed by atoms with Crippen LogP contribution in [0.4, 0.5) is 0 Å². The molecular formula is C32H29BrClN3O6. The highest BCUT2D eigenvalue weighted by atomic mass is 79.9. The standard InChI is InChI=1S/C32H29BrClN3O6/c1-2-40-32(39)27(17-38)35-16-23-14-25(34)29(15-28(23)41-19-22-11-7-13-26-31(22)37-43-36-26)42-18-21-10-6-12-24(30(21)33)20-8-4-3-5-9-20/h3-15,27,35,38H,2,16-19H2,1H3. The molecule has 0 radical (unpaired) electrons. The number of esters is 1. The van der Waals surface area contributed by atoms with Gasteiger partial charge in [-0.05, 0) is 56.4 Å². The van der Waals surface area contributed by atoms with E-state index in [2.05, 4.69) is 43.7 Å². The van der Waals surface area contributed by atoms with Crippen molar-refractivity contribution in [3.8, 4) is 22.6 Å². The summed E-state index contributed by atoms with van der Waals surface area (Å²) in [5.74, 6) is 0.341. The van der Waals surface area contributed by atoms with E-state index in [9.17, 15) is 9.90 Å². The average molecular weight is 667 g/mol. The van der Waals surface area contributed by atoms with Gasteiger partial charge in [-0.3, -0.25) is 10.1 Å². The van der Waals surface area contributed by atoms with Gasteiger partial charge >= 0.3 is 5.97 Å². The molecule has 0 aliphatic carbocycles. The predicted molar refractivity (Wildman–Crippen MR) is 166 cm³/mol. The lowest BCUT2D eigenvalue weighted by molar-refractivity contribution is -0.146. The topological polar surface area (TPSA) is 116 Å². The molecule has 0 saturated carbocycles. The summed E-state index contributed by atoms with van der Waals surface area (Å²) in [6.45, 7) is 2.05. The van der Waals surface area contributed by atoms with Gasteiger partial charge in [0, 0.05) is 33.8 Å². The Kier molecular flexibility index (Phi) is 10.3. The second kappa shape index (κ2) is 14.5. The van der Waals surface area contributed by atoms with Crippen molar-refractivity contribution in [2.24, 2.45) is 0 Å². The maximum absolute atomic E-state index is 12.2. The SMILES string of the molecule is CCOC(=O)C(CO)NCc1cc(Cl)c(OCc2cccc(-c3ccccc3)c2Br)cc1OCc1cccc2nonc12. The minimum Gasteiger partial charge on any atom is -0.488 e. The summed E-state index contributed by atoms with van der Waals surface area (Å²) in [5.41, 5.74) is 5.72. The fourth-order valence-electron chi connectivity index (χ4n) is 4.48. The highest BCUT2D eigenvalue weighted by molar-refractivity contribution is 9.10. The van der Waals surface area contributed by atoms with Crippen molar-refractivity contribution in [3.63, 3.8) is 0 Å². The minimum atomic E-state index is -0.910. The molecule has 0 amide bonds. The van der Waals surface area contributed by atoms with E-state index in [4.69, 9.17) is 30.4 Å². The van der Waals surface area contributed by atoms with E-state index in [-0.39, 0.29) is 26.4 Å². The van der Waals surface area contributed by atoms with Gasteiger partial charge in [0.15, 0.2) is 0 Å². The summed E-state index contributed by atoms with van der Waals surface area (Å²) in [7, 11) is 0. The number of ether oxygens (including phenoxy) is 3. The number of aromatic nitrogens is 2. The molecule has 0 spiro atoms. The van der Waals surface area contributed by atoms with Crippen molar-refractivity contribution in [2.75, 3.05) is 13.2 Å². The zero-order valence-electron chi connectivity index (χ0n) is 23.3. The van der Waals surface area contributed by atoms with Crippen LogP contribution in [0.15, 0.2) is 88.0 Å². The molecule has 0 aliphatic rings. The van der Waals surface area contributed by atoms with E-state index in [0.717, 1.165) is 26.7 Å². The molecule has 5 aromatic rings. The van der Waals surface area contributed by atoms with Crippen molar-refractivity contribution < 1.29 is 28.7 Å². The van der Waals surface area contributed by atoms with Crippen LogP contribution in [-0.4, -0.2) is 40.6 Å². The van der Waals surface area contributed by atoms with E-state index < -0.39 is 18.6 Å². The highest BCUT2D eigenvalue weighted by Crippen LogP contribution is 2.36. The molecule has 0 fully saturated rings. The molecule has 11 heteroatoms. The van der Waals surface area contributed by atoms with Crippen LogP contribution in [0.2, 0.25) is 5.02 Å². The second-order valence-corrected chi connectivity index (χ2v) is 10.7. The minimum absolute atomic E-state index is 0.158. The summed E-state index contributed by atoms with van der Waals surface area (Å²) in [6, 6.07) is 24.1. The van der Waals surface area contributed by atoms with Gasteiger partial charge < -0.3 is 19.3 Å². The van der Waals surface area contributed by atoms with Crippen LogP contribution < -0.4 is 14.8 Å².